The van der Waals surface area contributed by atoms with Crippen LogP contribution in [-0.2, 0) is 4.79 Å². The summed E-state index contributed by atoms with van der Waals surface area (Å²) < 4.78 is 6.43. The van der Waals surface area contributed by atoms with Gasteiger partial charge in [0, 0.05) is 4.47 Å². The van der Waals surface area contributed by atoms with Gasteiger partial charge in [0.15, 0.2) is 6.61 Å². The summed E-state index contributed by atoms with van der Waals surface area (Å²) in [5.41, 5.74) is 1.31. The van der Waals surface area contributed by atoms with Crippen LogP contribution in [0.15, 0.2) is 34.8 Å². The second-order valence-corrected chi connectivity index (χ2v) is 6.63. The first-order valence-electron chi connectivity index (χ1n) is 6.20. The molecule has 0 radical (unpaired) electrons. The number of nitrogens with one attached hydrogen (secondary N) is 1. The van der Waals surface area contributed by atoms with Gasteiger partial charge in [0.05, 0.1) is 20.8 Å². The molecule has 1 amide bonds. The van der Waals surface area contributed by atoms with Crippen LogP contribution in [0, 0.1) is 6.92 Å². The Balaban J connectivity index is 2.00. The van der Waals surface area contributed by atoms with Gasteiger partial charge in [-0.25, -0.2) is 0 Å². The van der Waals surface area contributed by atoms with Gasteiger partial charge >= 0.3 is 0 Å². The number of hydrogen-bond donors (Lipinski definition) is 1. The third-order valence-electron chi connectivity index (χ3n) is 2.78. The molecule has 0 saturated heterocycles. The molecule has 2 rings (SSSR count). The number of carbonyl (C=O) groups is 1. The van der Waals surface area contributed by atoms with Gasteiger partial charge in [-0.15, -0.1) is 0 Å². The van der Waals surface area contributed by atoms with Crippen molar-refractivity contribution in [1.29, 1.82) is 0 Å². The highest BCUT2D eigenvalue weighted by Crippen LogP contribution is 2.32. The van der Waals surface area contributed by atoms with Crippen LogP contribution in [-0.4, -0.2) is 12.5 Å². The molecular formula is C15H11BrCl3NO2. The van der Waals surface area contributed by atoms with Gasteiger partial charge in [0.25, 0.3) is 5.91 Å². The Morgan fingerprint density at radius 1 is 1.14 bits per heavy atom. The number of amides is 1. The molecule has 0 bridgehead atoms. The third-order valence-corrected chi connectivity index (χ3v) is 4.31. The largest absolute Gasteiger partial charge is 0.483 e. The first kappa shape index (κ1) is 17.4. The fraction of sp³-hybridized carbons (Fsp3) is 0.133. The maximum absolute atomic E-state index is 11.9. The Bertz CT molecular complexity index is 722. The molecule has 0 unspecified atom stereocenters. The number of aryl methyl sites for hydroxylation is 1. The quantitative estimate of drug-likeness (QED) is 0.638. The molecular weight excluding hydrogens is 412 g/mol. The van der Waals surface area contributed by atoms with E-state index in [-0.39, 0.29) is 12.5 Å². The summed E-state index contributed by atoms with van der Waals surface area (Å²) in [6.07, 6.45) is 0. The lowest BCUT2D eigenvalue weighted by Crippen LogP contribution is -2.20. The second-order valence-electron chi connectivity index (χ2n) is 4.49. The maximum atomic E-state index is 11.9. The van der Waals surface area contributed by atoms with Gasteiger partial charge < -0.3 is 10.1 Å². The van der Waals surface area contributed by atoms with E-state index in [0.717, 1.165) is 10.0 Å². The van der Waals surface area contributed by atoms with E-state index in [9.17, 15) is 4.79 Å². The highest BCUT2D eigenvalue weighted by Gasteiger charge is 2.10. The van der Waals surface area contributed by atoms with E-state index in [4.69, 9.17) is 39.5 Å². The van der Waals surface area contributed by atoms with E-state index in [1.807, 2.05) is 19.1 Å². The smallest absolute Gasteiger partial charge is 0.262 e. The maximum Gasteiger partial charge on any atom is 0.262 e. The van der Waals surface area contributed by atoms with Crippen molar-refractivity contribution >= 4 is 62.3 Å². The van der Waals surface area contributed by atoms with Crippen molar-refractivity contribution in [3.05, 3.63) is 55.4 Å². The van der Waals surface area contributed by atoms with E-state index < -0.39 is 0 Å². The minimum atomic E-state index is -0.345. The van der Waals surface area contributed by atoms with Gasteiger partial charge in [-0.05, 0) is 42.8 Å². The van der Waals surface area contributed by atoms with E-state index in [0.29, 0.717) is 26.5 Å². The summed E-state index contributed by atoms with van der Waals surface area (Å²) in [6, 6.07) is 8.51. The molecule has 2 aromatic carbocycles. The SMILES string of the molecule is Cc1cc(Br)ccc1OCC(=O)Nc1cc(Cl)c(Cl)cc1Cl. The number of halogens is 4. The Hall–Kier alpha value is -0.940. The average Bonchev–Trinajstić information content (AvgIpc) is 2.44. The molecule has 0 aliphatic rings. The van der Waals surface area contributed by atoms with Crippen molar-refractivity contribution < 1.29 is 9.53 Å². The molecule has 22 heavy (non-hydrogen) atoms. The van der Waals surface area contributed by atoms with Gasteiger partial charge in [-0.2, -0.15) is 0 Å². The summed E-state index contributed by atoms with van der Waals surface area (Å²) >= 11 is 21.1. The number of carbonyl (C=O) groups excluding carboxylic acids is 1. The Morgan fingerprint density at radius 2 is 1.82 bits per heavy atom. The summed E-state index contributed by atoms with van der Waals surface area (Å²) in [5.74, 6) is 0.293. The minimum Gasteiger partial charge on any atom is -0.483 e. The fourth-order valence-corrected chi connectivity index (χ4v) is 2.79. The highest BCUT2D eigenvalue weighted by molar-refractivity contribution is 9.10. The highest BCUT2D eigenvalue weighted by atomic mass is 79.9. The molecule has 7 heteroatoms. The van der Waals surface area contributed by atoms with Gasteiger partial charge in [0.1, 0.15) is 5.75 Å². The zero-order valence-electron chi connectivity index (χ0n) is 11.4. The van der Waals surface area contributed by atoms with E-state index in [2.05, 4.69) is 21.2 Å². The zero-order valence-corrected chi connectivity index (χ0v) is 15.3. The number of benzene rings is 2. The second kappa shape index (κ2) is 7.55. The average molecular weight is 424 g/mol. The molecule has 116 valence electrons. The summed E-state index contributed by atoms with van der Waals surface area (Å²) in [6.45, 7) is 1.76. The predicted octanol–water partition coefficient (Wildman–Crippen LogP) is 5.74. The molecule has 2 aromatic rings. The van der Waals surface area contributed by atoms with Gasteiger partial charge in [-0.3, -0.25) is 4.79 Å². The lowest BCUT2D eigenvalue weighted by molar-refractivity contribution is -0.118. The molecule has 0 fully saturated rings. The lowest BCUT2D eigenvalue weighted by atomic mass is 10.2. The van der Waals surface area contributed by atoms with Crippen molar-refractivity contribution in [2.24, 2.45) is 0 Å². The first-order valence-corrected chi connectivity index (χ1v) is 8.13. The molecule has 0 spiro atoms. The molecule has 0 aliphatic carbocycles. The Morgan fingerprint density at radius 3 is 2.50 bits per heavy atom. The van der Waals surface area contributed by atoms with Crippen LogP contribution < -0.4 is 10.1 Å². The summed E-state index contributed by atoms with van der Waals surface area (Å²) in [4.78, 5) is 11.9. The van der Waals surface area contributed by atoms with Crippen LogP contribution >= 0.6 is 50.7 Å². The molecule has 0 aromatic heterocycles. The van der Waals surface area contributed by atoms with Crippen molar-refractivity contribution in [2.75, 3.05) is 11.9 Å². The third kappa shape index (κ3) is 4.53. The minimum absolute atomic E-state index is 0.140. The fourth-order valence-electron chi connectivity index (χ4n) is 1.72. The first-order chi connectivity index (χ1) is 10.4. The van der Waals surface area contributed by atoms with E-state index in [1.54, 1.807) is 6.07 Å². The van der Waals surface area contributed by atoms with Gasteiger partial charge in [0.2, 0.25) is 0 Å². The summed E-state index contributed by atoms with van der Waals surface area (Å²) in [7, 11) is 0. The van der Waals surface area contributed by atoms with Crippen LogP contribution in [0.1, 0.15) is 5.56 Å². The van der Waals surface area contributed by atoms with Gasteiger partial charge in [-0.1, -0.05) is 50.7 Å². The number of rotatable bonds is 4. The Kier molecular flexibility index (Phi) is 5.98. The van der Waals surface area contributed by atoms with E-state index >= 15 is 0 Å². The van der Waals surface area contributed by atoms with Crippen LogP contribution in [0.2, 0.25) is 15.1 Å². The van der Waals surface area contributed by atoms with Crippen LogP contribution in [0.4, 0.5) is 5.69 Å². The van der Waals surface area contributed by atoms with E-state index in [1.165, 1.54) is 12.1 Å². The van der Waals surface area contributed by atoms with Crippen molar-refractivity contribution in [3.8, 4) is 5.75 Å². The molecule has 0 atom stereocenters. The normalized spacial score (nSPS) is 10.4. The molecule has 0 aliphatic heterocycles. The van der Waals surface area contributed by atoms with Crippen molar-refractivity contribution in [2.45, 2.75) is 6.92 Å². The monoisotopic (exact) mass is 421 g/mol. The molecule has 3 nitrogen and oxygen atoms in total. The lowest BCUT2D eigenvalue weighted by Gasteiger charge is -2.11. The summed E-state index contributed by atoms with van der Waals surface area (Å²) in [5, 5.41) is 3.58. The standard InChI is InChI=1S/C15H11BrCl3NO2/c1-8-4-9(16)2-3-14(8)22-7-15(21)20-13-6-11(18)10(17)5-12(13)19/h2-6H,7H2,1H3,(H,20,21). The van der Waals surface area contributed by atoms with Crippen LogP contribution in [0.3, 0.4) is 0 Å². The molecule has 0 heterocycles. The number of ether oxygens (including phenoxy) is 1. The molecule has 0 saturated carbocycles. The Labute approximate surface area is 151 Å². The number of anilines is 1. The van der Waals surface area contributed by atoms with Crippen molar-refractivity contribution in [1.82, 2.24) is 0 Å². The van der Waals surface area contributed by atoms with Crippen LogP contribution in [0.5, 0.6) is 5.75 Å². The zero-order chi connectivity index (χ0) is 16.3. The van der Waals surface area contributed by atoms with Crippen molar-refractivity contribution in [3.63, 3.8) is 0 Å². The molecule has 1 N–H and O–H groups in total. The predicted molar refractivity (Wildman–Crippen MR) is 94.5 cm³/mol. The topological polar surface area (TPSA) is 38.3 Å². The van der Waals surface area contributed by atoms with Crippen LogP contribution in [0.25, 0.3) is 0 Å². The number of hydrogen-bond acceptors (Lipinski definition) is 2.